The predicted octanol–water partition coefficient (Wildman–Crippen LogP) is 3.61. The molecule has 0 spiro atoms. The van der Waals surface area contributed by atoms with E-state index in [2.05, 4.69) is 15.7 Å². The fraction of sp³-hybridized carbons (Fsp3) is 0.250. The molecule has 1 aliphatic carbocycles. The first-order valence-electron chi connectivity index (χ1n) is 11.0. The van der Waals surface area contributed by atoms with E-state index in [-0.39, 0.29) is 18.3 Å². The summed E-state index contributed by atoms with van der Waals surface area (Å²) in [6.07, 6.45) is 5.16. The lowest BCUT2D eigenvalue weighted by Gasteiger charge is -2.13. The molecule has 0 saturated carbocycles. The quantitative estimate of drug-likeness (QED) is 0.419. The van der Waals surface area contributed by atoms with Gasteiger partial charge in [-0.2, -0.15) is 4.68 Å². The zero-order valence-corrected chi connectivity index (χ0v) is 19.0. The number of carbonyl (C=O) groups is 2. The van der Waals surface area contributed by atoms with Crippen molar-refractivity contribution in [3.8, 4) is 11.7 Å². The van der Waals surface area contributed by atoms with E-state index in [1.54, 1.807) is 12.1 Å². The minimum atomic E-state index is -0.771. The molecule has 174 valence electrons. The molecule has 34 heavy (non-hydrogen) atoms. The van der Waals surface area contributed by atoms with Gasteiger partial charge in [0.1, 0.15) is 11.5 Å². The third kappa shape index (κ3) is 4.58. The number of aryl methyl sites for hydroxylation is 1. The molecule has 5 rings (SSSR count). The van der Waals surface area contributed by atoms with Crippen LogP contribution >= 0.6 is 11.3 Å². The van der Waals surface area contributed by atoms with Crippen LogP contribution in [0.15, 0.2) is 62.4 Å². The maximum Gasteiger partial charge on any atom is 0.437 e. The summed E-state index contributed by atoms with van der Waals surface area (Å²) in [7, 11) is 0. The Bertz CT molecular complexity index is 1370. The van der Waals surface area contributed by atoms with Crippen LogP contribution in [0, 0.1) is 0 Å². The van der Waals surface area contributed by atoms with Crippen LogP contribution in [0.3, 0.4) is 0 Å². The molecule has 0 saturated heterocycles. The van der Waals surface area contributed by atoms with Crippen molar-refractivity contribution >= 4 is 28.2 Å². The predicted molar refractivity (Wildman–Crippen MR) is 126 cm³/mol. The van der Waals surface area contributed by atoms with E-state index in [1.807, 2.05) is 30.3 Å². The Hall–Kier alpha value is -3.92. The van der Waals surface area contributed by atoms with Crippen molar-refractivity contribution in [2.45, 2.75) is 38.8 Å². The van der Waals surface area contributed by atoms with E-state index in [0.717, 1.165) is 46.4 Å². The van der Waals surface area contributed by atoms with Crippen LogP contribution in [0.5, 0.6) is 0 Å². The highest BCUT2D eigenvalue weighted by molar-refractivity contribution is 7.17. The third-order valence-electron chi connectivity index (χ3n) is 5.58. The van der Waals surface area contributed by atoms with Crippen molar-refractivity contribution in [3.63, 3.8) is 0 Å². The molecule has 1 aromatic carbocycles. The summed E-state index contributed by atoms with van der Waals surface area (Å²) in [5.41, 5.74) is 2.49. The van der Waals surface area contributed by atoms with Gasteiger partial charge in [-0.05, 0) is 48.9 Å². The normalized spacial score (nSPS) is 12.8. The zero-order valence-electron chi connectivity index (χ0n) is 18.2. The number of thiophene rings is 1. The summed E-state index contributed by atoms with van der Waals surface area (Å²) in [6.45, 7) is 0.0399. The summed E-state index contributed by atoms with van der Waals surface area (Å²) >= 11 is 1.42. The van der Waals surface area contributed by atoms with E-state index in [1.165, 1.54) is 17.6 Å². The second-order valence-corrected chi connectivity index (χ2v) is 9.04. The lowest BCUT2D eigenvalue weighted by Crippen LogP contribution is -2.28. The minimum Gasteiger partial charge on any atom is -0.459 e. The van der Waals surface area contributed by atoms with E-state index in [4.69, 9.17) is 8.83 Å². The first-order chi connectivity index (χ1) is 16.6. The van der Waals surface area contributed by atoms with Crippen LogP contribution in [0.25, 0.3) is 11.7 Å². The minimum absolute atomic E-state index is 0.00429. The van der Waals surface area contributed by atoms with Gasteiger partial charge >= 0.3 is 5.76 Å². The van der Waals surface area contributed by atoms with Crippen molar-refractivity contribution in [2.24, 2.45) is 0 Å². The number of amides is 2. The molecular formula is C24H22N4O5S. The Kier molecular flexibility index (Phi) is 6.13. The summed E-state index contributed by atoms with van der Waals surface area (Å²) < 4.78 is 11.2. The summed E-state index contributed by atoms with van der Waals surface area (Å²) in [5, 5.41) is 10.3. The number of nitrogens with zero attached hydrogens (tertiary/aromatic N) is 2. The third-order valence-corrected chi connectivity index (χ3v) is 6.79. The molecule has 9 nitrogen and oxygen atoms in total. The topological polar surface area (TPSA) is 119 Å². The second kappa shape index (κ2) is 9.52. The Morgan fingerprint density at radius 1 is 1.09 bits per heavy atom. The molecular weight excluding hydrogens is 456 g/mol. The van der Waals surface area contributed by atoms with Crippen LogP contribution in [-0.4, -0.2) is 21.6 Å². The molecule has 2 N–H and O–H groups in total. The molecule has 1 aliphatic rings. The van der Waals surface area contributed by atoms with E-state index < -0.39 is 11.7 Å². The average molecular weight is 479 g/mol. The average Bonchev–Trinajstić information content (AvgIpc) is 3.57. The maximum atomic E-state index is 13.2. The standard InChI is InChI=1S/C24H22N4O5S/c29-19(14-28-24(31)33-22(27-28)17-10-6-12-32-17)26-23-20(16-9-4-5-11-18(16)34-23)21(30)25-13-15-7-2-1-3-8-15/h1-3,6-8,10,12H,4-5,9,11,13-14H2,(H,25,30)(H,26,29). The van der Waals surface area contributed by atoms with E-state index in [0.29, 0.717) is 22.9 Å². The van der Waals surface area contributed by atoms with Crippen molar-refractivity contribution in [3.05, 3.63) is 80.8 Å². The molecule has 0 fully saturated rings. The highest BCUT2D eigenvalue weighted by Crippen LogP contribution is 2.38. The summed E-state index contributed by atoms with van der Waals surface area (Å²) in [6, 6.07) is 12.9. The van der Waals surface area contributed by atoms with E-state index >= 15 is 0 Å². The maximum absolute atomic E-state index is 13.2. The van der Waals surface area contributed by atoms with Gasteiger partial charge in [-0.15, -0.1) is 16.4 Å². The monoisotopic (exact) mass is 478 g/mol. The number of fused-ring (bicyclic) bond motifs is 1. The van der Waals surface area contributed by atoms with Crippen LogP contribution in [0.1, 0.15) is 39.2 Å². The number of hydrogen-bond donors (Lipinski definition) is 2. The highest BCUT2D eigenvalue weighted by Gasteiger charge is 2.26. The number of aromatic nitrogens is 2. The summed E-state index contributed by atoms with van der Waals surface area (Å²) in [5.74, 6) is -1.18. The molecule has 0 atom stereocenters. The number of benzene rings is 1. The van der Waals surface area contributed by atoms with Gasteiger partial charge in [0.2, 0.25) is 5.91 Å². The lowest BCUT2D eigenvalue weighted by molar-refractivity contribution is -0.117. The molecule has 10 heteroatoms. The van der Waals surface area contributed by atoms with Gasteiger partial charge < -0.3 is 19.5 Å². The molecule has 0 aliphatic heterocycles. The lowest BCUT2D eigenvalue weighted by atomic mass is 9.95. The molecule has 3 aromatic heterocycles. The molecule has 0 bridgehead atoms. The Balaban J connectivity index is 1.34. The first kappa shape index (κ1) is 21.9. The SMILES string of the molecule is O=C(Cn1nc(-c2ccco2)oc1=O)Nc1sc2c(c1C(=O)NCc1ccccc1)CCCC2. The van der Waals surface area contributed by atoms with Crippen LogP contribution in [-0.2, 0) is 30.7 Å². The first-order valence-corrected chi connectivity index (χ1v) is 11.8. The van der Waals surface area contributed by atoms with Gasteiger partial charge in [0, 0.05) is 11.4 Å². The fourth-order valence-electron chi connectivity index (χ4n) is 3.97. The molecule has 4 aromatic rings. The molecule has 3 heterocycles. The largest absolute Gasteiger partial charge is 0.459 e. The van der Waals surface area contributed by atoms with Gasteiger partial charge in [0.15, 0.2) is 5.76 Å². The fourth-order valence-corrected chi connectivity index (χ4v) is 5.27. The van der Waals surface area contributed by atoms with Crippen molar-refractivity contribution in [2.75, 3.05) is 5.32 Å². The number of furan rings is 1. The van der Waals surface area contributed by atoms with Gasteiger partial charge in [-0.1, -0.05) is 30.3 Å². The number of rotatable bonds is 7. The second-order valence-electron chi connectivity index (χ2n) is 7.94. The molecule has 2 amide bonds. The number of nitrogens with one attached hydrogen (secondary N) is 2. The molecule has 0 unspecified atom stereocenters. The summed E-state index contributed by atoms with van der Waals surface area (Å²) in [4.78, 5) is 39.2. The van der Waals surface area contributed by atoms with Crippen LogP contribution < -0.4 is 16.4 Å². The van der Waals surface area contributed by atoms with Crippen LogP contribution in [0.2, 0.25) is 0 Å². The Morgan fingerprint density at radius 2 is 1.91 bits per heavy atom. The molecule has 0 radical (unpaired) electrons. The van der Waals surface area contributed by atoms with Crippen molar-refractivity contribution < 1.29 is 18.4 Å². The van der Waals surface area contributed by atoms with Gasteiger partial charge in [-0.3, -0.25) is 9.59 Å². The van der Waals surface area contributed by atoms with Crippen LogP contribution in [0.4, 0.5) is 5.00 Å². The smallest absolute Gasteiger partial charge is 0.437 e. The zero-order chi connectivity index (χ0) is 23.5. The van der Waals surface area contributed by atoms with Crippen molar-refractivity contribution in [1.82, 2.24) is 15.1 Å². The van der Waals surface area contributed by atoms with Crippen molar-refractivity contribution in [1.29, 1.82) is 0 Å². The van der Waals surface area contributed by atoms with E-state index in [9.17, 15) is 14.4 Å². The van der Waals surface area contributed by atoms with Gasteiger partial charge in [0.25, 0.3) is 11.8 Å². The van der Waals surface area contributed by atoms with Gasteiger partial charge in [0.05, 0.1) is 11.8 Å². The number of carbonyl (C=O) groups excluding carboxylic acids is 2. The number of anilines is 1. The highest BCUT2D eigenvalue weighted by atomic mass is 32.1. The Morgan fingerprint density at radius 3 is 2.71 bits per heavy atom. The van der Waals surface area contributed by atoms with Gasteiger partial charge in [-0.25, -0.2) is 4.79 Å². The number of hydrogen-bond acceptors (Lipinski definition) is 7. The Labute approximate surface area is 198 Å².